The summed E-state index contributed by atoms with van der Waals surface area (Å²) in [6, 6.07) is 12.3. The summed E-state index contributed by atoms with van der Waals surface area (Å²) in [5, 5.41) is 2.82. The Morgan fingerprint density at radius 2 is 1.81 bits per heavy atom. The number of aliphatic imine (C=N–C) groups is 1. The molecule has 0 aliphatic carbocycles. The Labute approximate surface area is 158 Å². The number of hydrogen-bond donors (Lipinski definition) is 1. The van der Waals surface area contributed by atoms with Crippen molar-refractivity contribution in [2.24, 2.45) is 4.99 Å². The van der Waals surface area contributed by atoms with E-state index in [-0.39, 0.29) is 16.8 Å². The van der Waals surface area contributed by atoms with Gasteiger partial charge < -0.3 is 10.2 Å². The third-order valence-electron chi connectivity index (χ3n) is 3.76. The van der Waals surface area contributed by atoms with E-state index in [4.69, 9.17) is 0 Å². The summed E-state index contributed by atoms with van der Waals surface area (Å²) in [5.74, 6) is -0.331. The SMILES string of the molecule is CN(C)c1ccc(/C=C2\SC(=Nc3cccc(C(F)(F)F)c3)NC2=O)cc1. The van der Waals surface area contributed by atoms with Crippen LogP contribution in [0.3, 0.4) is 0 Å². The molecule has 0 spiro atoms. The minimum atomic E-state index is -4.44. The fourth-order valence-electron chi connectivity index (χ4n) is 2.37. The molecule has 1 heterocycles. The first kappa shape index (κ1) is 19.0. The molecule has 1 N–H and O–H groups in total. The Morgan fingerprint density at radius 1 is 1.11 bits per heavy atom. The molecule has 0 unspecified atom stereocenters. The number of nitrogens with zero attached hydrogens (tertiary/aromatic N) is 2. The number of carbonyl (C=O) groups is 1. The molecular weight excluding hydrogens is 375 g/mol. The molecule has 0 radical (unpaired) electrons. The smallest absolute Gasteiger partial charge is 0.378 e. The van der Waals surface area contributed by atoms with Crippen LogP contribution in [0.5, 0.6) is 0 Å². The largest absolute Gasteiger partial charge is 0.416 e. The van der Waals surface area contributed by atoms with Gasteiger partial charge in [0.25, 0.3) is 5.91 Å². The monoisotopic (exact) mass is 391 g/mol. The van der Waals surface area contributed by atoms with Crippen molar-refractivity contribution in [1.29, 1.82) is 0 Å². The van der Waals surface area contributed by atoms with Crippen molar-refractivity contribution in [2.75, 3.05) is 19.0 Å². The van der Waals surface area contributed by atoms with Gasteiger partial charge in [0.1, 0.15) is 0 Å². The van der Waals surface area contributed by atoms with E-state index < -0.39 is 11.7 Å². The van der Waals surface area contributed by atoms with Crippen LogP contribution in [-0.2, 0) is 11.0 Å². The molecule has 1 aliphatic heterocycles. The second kappa shape index (κ2) is 7.48. The summed E-state index contributed by atoms with van der Waals surface area (Å²) >= 11 is 1.09. The maximum atomic E-state index is 12.8. The van der Waals surface area contributed by atoms with Crippen molar-refractivity contribution in [3.8, 4) is 0 Å². The van der Waals surface area contributed by atoms with E-state index >= 15 is 0 Å². The summed E-state index contributed by atoms with van der Waals surface area (Å²) in [4.78, 5) is 18.6. The van der Waals surface area contributed by atoms with Crippen LogP contribution in [0.25, 0.3) is 6.08 Å². The molecule has 8 heteroatoms. The van der Waals surface area contributed by atoms with Crippen LogP contribution in [-0.4, -0.2) is 25.2 Å². The van der Waals surface area contributed by atoms with Gasteiger partial charge in [-0.05, 0) is 53.7 Å². The highest BCUT2D eigenvalue weighted by molar-refractivity contribution is 8.18. The van der Waals surface area contributed by atoms with Gasteiger partial charge in [0.2, 0.25) is 0 Å². The summed E-state index contributed by atoms with van der Waals surface area (Å²) in [6.45, 7) is 0. The third kappa shape index (κ3) is 4.71. The first-order valence-corrected chi connectivity index (χ1v) is 8.78. The first-order chi connectivity index (χ1) is 12.7. The average molecular weight is 391 g/mol. The van der Waals surface area contributed by atoms with Crippen molar-refractivity contribution in [3.05, 3.63) is 64.6 Å². The van der Waals surface area contributed by atoms with E-state index in [9.17, 15) is 18.0 Å². The van der Waals surface area contributed by atoms with Crippen LogP contribution >= 0.6 is 11.8 Å². The normalized spacial score (nSPS) is 17.4. The summed E-state index contributed by atoms with van der Waals surface area (Å²) in [6.07, 6.45) is -2.72. The number of rotatable bonds is 3. The number of halogens is 3. The van der Waals surface area contributed by atoms with E-state index in [0.717, 1.165) is 35.1 Å². The number of amidine groups is 1. The lowest BCUT2D eigenvalue weighted by Crippen LogP contribution is -2.19. The predicted molar refractivity (Wildman–Crippen MR) is 103 cm³/mol. The highest BCUT2D eigenvalue weighted by Gasteiger charge is 2.30. The molecule has 1 saturated heterocycles. The zero-order valence-corrected chi connectivity index (χ0v) is 15.4. The predicted octanol–water partition coefficient (Wildman–Crippen LogP) is 4.66. The minimum Gasteiger partial charge on any atom is -0.378 e. The van der Waals surface area contributed by atoms with Crippen LogP contribution in [0.2, 0.25) is 0 Å². The number of carbonyl (C=O) groups excluding carboxylic acids is 1. The Bertz CT molecular complexity index is 919. The Kier molecular flexibility index (Phi) is 5.27. The molecule has 1 fully saturated rings. The molecule has 27 heavy (non-hydrogen) atoms. The zero-order valence-electron chi connectivity index (χ0n) is 14.5. The van der Waals surface area contributed by atoms with Gasteiger partial charge in [-0.15, -0.1) is 0 Å². The fraction of sp³-hybridized carbons (Fsp3) is 0.158. The molecular formula is C19H16F3N3OS. The van der Waals surface area contributed by atoms with Gasteiger partial charge in [0.05, 0.1) is 16.2 Å². The van der Waals surface area contributed by atoms with Crippen LogP contribution in [0.15, 0.2) is 58.4 Å². The molecule has 2 aromatic rings. The van der Waals surface area contributed by atoms with Crippen molar-refractivity contribution >= 4 is 40.3 Å². The Morgan fingerprint density at radius 3 is 2.44 bits per heavy atom. The molecule has 1 aliphatic rings. The Hall–Kier alpha value is -2.74. The number of amides is 1. The molecule has 3 rings (SSSR count). The van der Waals surface area contributed by atoms with E-state index in [1.54, 1.807) is 6.08 Å². The van der Waals surface area contributed by atoms with Crippen molar-refractivity contribution < 1.29 is 18.0 Å². The lowest BCUT2D eigenvalue weighted by atomic mass is 10.2. The molecule has 4 nitrogen and oxygen atoms in total. The summed E-state index contributed by atoms with van der Waals surface area (Å²) in [7, 11) is 3.87. The van der Waals surface area contributed by atoms with Gasteiger partial charge >= 0.3 is 6.18 Å². The number of benzene rings is 2. The number of hydrogen-bond acceptors (Lipinski definition) is 4. The second-order valence-electron chi connectivity index (χ2n) is 6.02. The number of nitrogens with one attached hydrogen (secondary N) is 1. The van der Waals surface area contributed by atoms with Gasteiger partial charge in [-0.3, -0.25) is 4.79 Å². The average Bonchev–Trinajstić information content (AvgIpc) is 2.94. The van der Waals surface area contributed by atoms with Gasteiger partial charge in [0, 0.05) is 19.8 Å². The number of anilines is 1. The first-order valence-electron chi connectivity index (χ1n) is 7.96. The van der Waals surface area contributed by atoms with Crippen molar-refractivity contribution in [3.63, 3.8) is 0 Å². The number of thioether (sulfide) groups is 1. The standard InChI is InChI=1S/C19H16F3N3OS/c1-25(2)15-8-6-12(7-9-15)10-16-17(26)24-18(27-16)23-14-5-3-4-13(11-14)19(20,21)22/h3-11H,1-2H3,(H,23,24,26)/b16-10-. The van der Waals surface area contributed by atoms with E-state index in [2.05, 4.69) is 10.3 Å². The molecule has 0 aromatic heterocycles. The molecule has 0 atom stereocenters. The van der Waals surface area contributed by atoms with E-state index in [1.807, 2.05) is 43.3 Å². The minimum absolute atomic E-state index is 0.129. The molecule has 0 saturated carbocycles. The maximum Gasteiger partial charge on any atom is 0.416 e. The van der Waals surface area contributed by atoms with Gasteiger partial charge in [0.15, 0.2) is 5.17 Å². The second-order valence-corrected chi connectivity index (χ2v) is 7.05. The summed E-state index contributed by atoms with van der Waals surface area (Å²) < 4.78 is 38.4. The lowest BCUT2D eigenvalue weighted by Gasteiger charge is -2.11. The van der Waals surface area contributed by atoms with Gasteiger partial charge in [-0.25, -0.2) is 4.99 Å². The highest BCUT2D eigenvalue weighted by Crippen LogP contribution is 2.33. The zero-order chi connectivity index (χ0) is 19.6. The number of alkyl halides is 3. The quantitative estimate of drug-likeness (QED) is 0.774. The fourth-order valence-corrected chi connectivity index (χ4v) is 3.21. The topological polar surface area (TPSA) is 44.7 Å². The third-order valence-corrected chi connectivity index (χ3v) is 4.67. The molecule has 140 valence electrons. The van der Waals surface area contributed by atoms with E-state index in [0.29, 0.717) is 4.91 Å². The van der Waals surface area contributed by atoms with Crippen LogP contribution in [0.1, 0.15) is 11.1 Å². The van der Waals surface area contributed by atoms with Crippen molar-refractivity contribution in [2.45, 2.75) is 6.18 Å². The van der Waals surface area contributed by atoms with Crippen LogP contribution < -0.4 is 10.2 Å². The lowest BCUT2D eigenvalue weighted by molar-refractivity contribution is -0.137. The maximum absolute atomic E-state index is 12.8. The molecule has 2 aromatic carbocycles. The highest BCUT2D eigenvalue weighted by atomic mass is 32.2. The van der Waals surface area contributed by atoms with Gasteiger partial charge in [-0.2, -0.15) is 13.2 Å². The Balaban J connectivity index is 1.80. The van der Waals surface area contributed by atoms with Gasteiger partial charge in [-0.1, -0.05) is 18.2 Å². The molecule has 1 amide bonds. The van der Waals surface area contributed by atoms with Crippen molar-refractivity contribution in [1.82, 2.24) is 5.32 Å². The summed E-state index contributed by atoms with van der Waals surface area (Å²) in [5.41, 5.74) is 1.23. The van der Waals surface area contributed by atoms with Crippen LogP contribution in [0, 0.1) is 0 Å². The van der Waals surface area contributed by atoms with Crippen LogP contribution in [0.4, 0.5) is 24.5 Å². The molecule has 0 bridgehead atoms. The van der Waals surface area contributed by atoms with E-state index in [1.165, 1.54) is 12.1 Å².